The first-order valence-corrected chi connectivity index (χ1v) is 12.1. The van der Waals surface area contributed by atoms with Gasteiger partial charge in [-0.05, 0) is 67.9 Å². The van der Waals surface area contributed by atoms with Gasteiger partial charge in [-0.3, -0.25) is 9.88 Å². The Bertz CT molecular complexity index is 1070. The minimum atomic E-state index is -0.402. The maximum atomic E-state index is 12.7. The topological polar surface area (TPSA) is 117 Å². The van der Waals surface area contributed by atoms with Crippen molar-refractivity contribution in [3.05, 3.63) is 52.1 Å². The van der Waals surface area contributed by atoms with Crippen LogP contribution >= 0.6 is 12.4 Å². The van der Waals surface area contributed by atoms with Crippen LogP contribution < -0.4 is 27.4 Å². The van der Waals surface area contributed by atoms with Crippen LogP contribution in [0.5, 0.6) is 0 Å². The molecule has 5 rings (SSSR count). The van der Waals surface area contributed by atoms with Crippen LogP contribution in [0.25, 0.3) is 5.69 Å². The molecule has 0 radical (unpaired) electrons. The van der Waals surface area contributed by atoms with Crippen molar-refractivity contribution in [2.75, 3.05) is 31.5 Å². The fraction of sp³-hybridized carbons (Fsp3) is 0.542. The van der Waals surface area contributed by atoms with Crippen LogP contribution in [0.15, 0.2) is 35.3 Å². The molecule has 5 N–H and O–H groups in total. The number of carbonyl (C=O) groups is 1. The highest BCUT2D eigenvalue weighted by molar-refractivity contribution is 5.88. The lowest BCUT2D eigenvalue weighted by Gasteiger charge is -2.29. The number of hydrogen-bond donors (Lipinski definition) is 4. The number of fused-ring (bicyclic) bond motifs is 1. The number of nitrogens with zero attached hydrogens (tertiary/aromatic N) is 3. The first-order valence-electron chi connectivity index (χ1n) is 12.1. The highest BCUT2D eigenvalue weighted by Gasteiger charge is 2.26. The van der Waals surface area contributed by atoms with Gasteiger partial charge in [0, 0.05) is 50.5 Å². The number of halogens is 1. The minimum absolute atomic E-state index is 0. The quantitative estimate of drug-likeness (QED) is 0.518. The van der Waals surface area contributed by atoms with Gasteiger partial charge in [-0.2, -0.15) is 4.98 Å². The van der Waals surface area contributed by atoms with Gasteiger partial charge in [0.05, 0.1) is 5.69 Å². The van der Waals surface area contributed by atoms with Crippen LogP contribution in [-0.2, 0) is 12.8 Å². The van der Waals surface area contributed by atoms with Gasteiger partial charge in [0.2, 0.25) is 0 Å². The zero-order chi connectivity index (χ0) is 22.8. The van der Waals surface area contributed by atoms with E-state index >= 15 is 0 Å². The van der Waals surface area contributed by atoms with Gasteiger partial charge in [-0.25, -0.2) is 9.59 Å². The van der Waals surface area contributed by atoms with Gasteiger partial charge >= 0.3 is 11.7 Å². The lowest BCUT2D eigenvalue weighted by atomic mass is 9.87. The molecule has 3 aliphatic rings. The van der Waals surface area contributed by atoms with Crippen LogP contribution in [0.3, 0.4) is 0 Å². The van der Waals surface area contributed by atoms with Crippen molar-refractivity contribution in [1.29, 1.82) is 0 Å². The molecule has 1 saturated carbocycles. The SMILES string of the molecule is Cl.N[C@H]1CC[C@H](NC2CCc3cc(-n4ccc(NC(=O)N5CCNCC5)nc4=O)ccc3C2)C1. The fourth-order valence-corrected chi connectivity index (χ4v) is 5.26. The van der Waals surface area contributed by atoms with Gasteiger partial charge in [0.25, 0.3) is 0 Å². The van der Waals surface area contributed by atoms with Crippen molar-refractivity contribution in [3.8, 4) is 5.69 Å². The van der Waals surface area contributed by atoms with E-state index in [0.717, 1.165) is 50.9 Å². The summed E-state index contributed by atoms with van der Waals surface area (Å²) < 4.78 is 1.53. The third-order valence-electron chi connectivity index (χ3n) is 7.08. The fourth-order valence-electron chi connectivity index (χ4n) is 5.26. The third-order valence-corrected chi connectivity index (χ3v) is 7.08. The first-order chi connectivity index (χ1) is 16.0. The molecule has 9 nitrogen and oxygen atoms in total. The number of aromatic nitrogens is 2. The average molecular weight is 488 g/mol. The molecule has 1 aromatic carbocycles. The van der Waals surface area contributed by atoms with E-state index < -0.39 is 5.69 Å². The van der Waals surface area contributed by atoms with E-state index in [9.17, 15) is 9.59 Å². The molecular weight excluding hydrogens is 454 g/mol. The van der Waals surface area contributed by atoms with Crippen molar-refractivity contribution < 1.29 is 4.79 Å². The maximum Gasteiger partial charge on any atom is 0.354 e. The Morgan fingerprint density at radius 2 is 1.91 bits per heavy atom. The lowest BCUT2D eigenvalue weighted by Crippen LogP contribution is -2.48. The molecule has 1 saturated heterocycles. The molecule has 1 unspecified atom stereocenters. The summed E-state index contributed by atoms with van der Waals surface area (Å²) >= 11 is 0. The summed E-state index contributed by atoms with van der Waals surface area (Å²) in [4.78, 5) is 30.9. The number of urea groups is 1. The van der Waals surface area contributed by atoms with Crippen molar-refractivity contribution in [1.82, 2.24) is 25.1 Å². The van der Waals surface area contributed by atoms with Crippen molar-refractivity contribution >= 4 is 24.3 Å². The van der Waals surface area contributed by atoms with Crippen molar-refractivity contribution in [2.24, 2.45) is 5.73 Å². The number of carbonyl (C=O) groups excluding carboxylic acids is 1. The Balaban J connectivity index is 0.00000274. The van der Waals surface area contributed by atoms with Crippen LogP contribution in [0, 0.1) is 0 Å². The van der Waals surface area contributed by atoms with Gasteiger partial charge in [-0.1, -0.05) is 6.07 Å². The van der Waals surface area contributed by atoms with Crippen molar-refractivity contribution in [3.63, 3.8) is 0 Å². The second-order valence-corrected chi connectivity index (χ2v) is 9.46. The van der Waals surface area contributed by atoms with E-state index in [1.165, 1.54) is 22.1 Å². The van der Waals surface area contributed by atoms with E-state index in [1.807, 2.05) is 6.07 Å². The van der Waals surface area contributed by atoms with E-state index in [-0.39, 0.29) is 24.3 Å². The molecule has 2 aromatic rings. The summed E-state index contributed by atoms with van der Waals surface area (Å²) in [6.45, 7) is 2.82. The molecule has 2 heterocycles. The standard InChI is InChI=1S/C24H33N7O2.ClH/c25-18-3-5-20(15-18)27-19-4-1-17-14-21(6-2-16(17)13-19)31-10-7-22(29-24(31)33)28-23(32)30-11-8-26-9-12-30;/h2,6-7,10,14,18-20,26-27H,1,3-5,8-9,11-13,15,25H2,(H,28,29,32,33);1H/t18-,19?,20-;/m0./s1. The summed E-state index contributed by atoms with van der Waals surface area (Å²) in [6, 6.07) is 9.03. The van der Waals surface area contributed by atoms with Crippen LogP contribution in [0.2, 0.25) is 0 Å². The number of benzene rings is 1. The normalized spacial score (nSPS) is 24.3. The number of aryl methyl sites for hydroxylation is 1. The van der Waals surface area contributed by atoms with E-state index in [2.05, 4.69) is 33.1 Å². The van der Waals surface area contributed by atoms with E-state index in [1.54, 1.807) is 17.2 Å². The monoisotopic (exact) mass is 487 g/mol. The molecule has 184 valence electrons. The zero-order valence-corrected chi connectivity index (χ0v) is 20.2. The average Bonchev–Trinajstić information content (AvgIpc) is 3.24. The molecule has 1 aromatic heterocycles. The molecule has 0 spiro atoms. The van der Waals surface area contributed by atoms with Crippen LogP contribution in [0.4, 0.5) is 10.6 Å². The largest absolute Gasteiger partial charge is 0.354 e. The summed E-state index contributed by atoms with van der Waals surface area (Å²) in [5.41, 5.74) is 9.09. The summed E-state index contributed by atoms with van der Waals surface area (Å²) in [5, 5.41) is 9.75. The maximum absolute atomic E-state index is 12.7. The predicted octanol–water partition coefficient (Wildman–Crippen LogP) is 1.42. The Labute approximate surface area is 205 Å². The summed E-state index contributed by atoms with van der Waals surface area (Å²) in [7, 11) is 0. The molecule has 2 aliphatic carbocycles. The Hall–Kier alpha value is -2.46. The van der Waals surface area contributed by atoms with E-state index in [4.69, 9.17) is 5.73 Å². The Morgan fingerprint density at radius 1 is 1.09 bits per heavy atom. The Morgan fingerprint density at radius 3 is 2.65 bits per heavy atom. The van der Waals surface area contributed by atoms with Gasteiger partial charge in [-0.15, -0.1) is 12.4 Å². The molecule has 3 atom stereocenters. The lowest BCUT2D eigenvalue weighted by molar-refractivity contribution is 0.204. The number of piperazine rings is 1. The molecule has 34 heavy (non-hydrogen) atoms. The number of hydrogen-bond acceptors (Lipinski definition) is 6. The van der Waals surface area contributed by atoms with Crippen molar-refractivity contribution in [2.45, 2.75) is 56.7 Å². The molecule has 2 fully saturated rings. The smallest absolute Gasteiger partial charge is 0.328 e. The van der Waals surface area contributed by atoms with E-state index in [0.29, 0.717) is 31.2 Å². The number of anilines is 1. The third kappa shape index (κ3) is 5.60. The Kier molecular flexibility index (Phi) is 7.88. The number of nitrogens with one attached hydrogen (secondary N) is 3. The molecule has 1 aliphatic heterocycles. The summed E-state index contributed by atoms with van der Waals surface area (Å²) in [6.07, 6.45) is 8.12. The molecule has 0 bridgehead atoms. The second-order valence-electron chi connectivity index (χ2n) is 9.46. The van der Waals surface area contributed by atoms with Gasteiger partial charge in [0.15, 0.2) is 0 Å². The number of nitrogens with two attached hydrogens (primary N) is 1. The molecule has 10 heteroatoms. The van der Waals surface area contributed by atoms with Gasteiger partial charge in [0.1, 0.15) is 5.82 Å². The first kappa shape index (κ1) is 24.7. The molecular formula is C24H34ClN7O2. The highest BCUT2D eigenvalue weighted by atomic mass is 35.5. The number of amides is 2. The van der Waals surface area contributed by atoms with Crippen LogP contribution in [0.1, 0.15) is 36.8 Å². The number of rotatable bonds is 4. The predicted molar refractivity (Wildman–Crippen MR) is 135 cm³/mol. The van der Waals surface area contributed by atoms with Gasteiger partial charge < -0.3 is 21.3 Å². The molecule has 2 amide bonds. The highest BCUT2D eigenvalue weighted by Crippen LogP contribution is 2.26. The summed E-state index contributed by atoms with van der Waals surface area (Å²) in [5.74, 6) is 0.276. The zero-order valence-electron chi connectivity index (χ0n) is 19.3. The minimum Gasteiger partial charge on any atom is -0.328 e. The second kappa shape index (κ2) is 10.9. The van der Waals surface area contributed by atoms with Crippen LogP contribution in [-0.4, -0.2) is 64.8 Å².